The van der Waals surface area contributed by atoms with Crippen molar-refractivity contribution in [2.45, 2.75) is 19.6 Å². The fraction of sp³-hybridized carbons (Fsp3) is 0.250. The van der Waals surface area contributed by atoms with Crippen molar-refractivity contribution in [1.82, 2.24) is 4.90 Å². The second kappa shape index (κ2) is 9.53. The van der Waals surface area contributed by atoms with E-state index in [1.807, 2.05) is 54.6 Å². The molecule has 4 nitrogen and oxygen atoms in total. The standard InChI is InChI=1S/C20H24N2O2/c1-2-14-22(15-18-10-8-17(9-11-18)12-13-21)20(23)24-16-19-6-4-3-5-7-19/h2-11H,1,12-16,21H2. The van der Waals surface area contributed by atoms with Gasteiger partial charge in [0.25, 0.3) is 0 Å². The summed E-state index contributed by atoms with van der Waals surface area (Å²) in [5, 5.41) is 0. The lowest BCUT2D eigenvalue weighted by molar-refractivity contribution is 0.0978. The third-order valence-corrected chi connectivity index (χ3v) is 3.64. The normalized spacial score (nSPS) is 10.2. The van der Waals surface area contributed by atoms with Crippen molar-refractivity contribution >= 4 is 6.09 Å². The van der Waals surface area contributed by atoms with Crippen LogP contribution in [-0.2, 0) is 24.3 Å². The minimum absolute atomic E-state index is 0.267. The van der Waals surface area contributed by atoms with Gasteiger partial charge in [0.05, 0.1) is 0 Å². The van der Waals surface area contributed by atoms with E-state index in [1.54, 1.807) is 11.0 Å². The monoisotopic (exact) mass is 324 g/mol. The highest BCUT2D eigenvalue weighted by molar-refractivity contribution is 5.67. The van der Waals surface area contributed by atoms with Gasteiger partial charge >= 0.3 is 6.09 Å². The molecule has 0 aromatic heterocycles. The van der Waals surface area contributed by atoms with Crippen LogP contribution in [0.3, 0.4) is 0 Å². The Bertz CT molecular complexity index is 638. The molecule has 126 valence electrons. The predicted octanol–water partition coefficient (Wildman–Crippen LogP) is 3.51. The molecule has 0 atom stereocenters. The second-order valence-electron chi connectivity index (χ2n) is 5.56. The van der Waals surface area contributed by atoms with Crippen LogP contribution in [0.2, 0.25) is 0 Å². The average Bonchev–Trinajstić information content (AvgIpc) is 2.62. The van der Waals surface area contributed by atoms with E-state index in [0.29, 0.717) is 19.6 Å². The van der Waals surface area contributed by atoms with Gasteiger partial charge in [-0.2, -0.15) is 0 Å². The largest absolute Gasteiger partial charge is 0.445 e. The fourth-order valence-electron chi connectivity index (χ4n) is 2.37. The van der Waals surface area contributed by atoms with Gasteiger partial charge in [0.2, 0.25) is 0 Å². The summed E-state index contributed by atoms with van der Waals surface area (Å²) in [7, 11) is 0. The van der Waals surface area contributed by atoms with Gasteiger partial charge in [-0.25, -0.2) is 4.79 Å². The second-order valence-corrected chi connectivity index (χ2v) is 5.56. The van der Waals surface area contributed by atoms with Crippen molar-refractivity contribution in [1.29, 1.82) is 0 Å². The zero-order valence-corrected chi connectivity index (χ0v) is 13.9. The third kappa shape index (κ3) is 5.56. The van der Waals surface area contributed by atoms with Crippen LogP contribution in [0.25, 0.3) is 0 Å². The molecule has 0 aliphatic heterocycles. The first-order valence-electron chi connectivity index (χ1n) is 8.07. The van der Waals surface area contributed by atoms with Gasteiger partial charge in [-0.05, 0) is 29.7 Å². The van der Waals surface area contributed by atoms with Crippen LogP contribution >= 0.6 is 0 Å². The summed E-state index contributed by atoms with van der Waals surface area (Å²) in [6, 6.07) is 17.8. The Hall–Kier alpha value is -2.59. The summed E-state index contributed by atoms with van der Waals surface area (Å²) in [6.45, 7) is 5.55. The van der Waals surface area contributed by atoms with Gasteiger partial charge < -0.3 is 15.4 Å². The van der Waals surface area contributed by atoms with Gasteiger partial charge in [-0.3, -0.25) is 0 Å². The number of carbonyl (C=O) groups excluding carboxylic acids is 1. The number of nitrogens with two attached hydrogens (primary N) is 1. The van der Waals surface area contributed by atoms with Gasteiger partial charge in [0.1, 0.15) is 6.61 Å². The van der Waals surface area contributed by atoms with Crippen molar-refractivity contribution in [2.75, 3.05) is 13.1 Å². The van der Waals surface area contributed by atoms with Crippen molar-refractivity contribution in [3.05, 3.63) is 83.9 Å². The van der Waals surface area contributed by atoms with Crippen LogP contribution < -0.4 is 5.73 Å². The van der Waals surface area contributed by atoms with E-state index in [9.17, 15) is 4.79 Å². The first-order chi connectivity index (χ1) is 11.7. The molecule has 0 saturated heterocycles. The summed E-state index contributed by atoms with van der Waals surface area (Å²) in [5.74, 6) is 0. The molecular formula is C20H24N2O2. The molecule has 0 unspecified atom stereocenters. The quantitative estimate of drug-likeness (QED) is 0.756. The smallest absolute Gasteiger partial charge is 0.410 e. The molecule has 0 fully saturated rings. The molecule has 0 saturated carbocycles. The number of rotatable bonds is 8. The summed E-state index contributed by atoms with van der Waals surface area (Å²) < 4.78 is 5.40. The molecule has 24 heavy (non-hydrogen) atoms. The van der Waals surface area contributed by atoms with Crippen LogP contribution in [0.4, 0.5) is 4.79 Å². The van der Waals surface area contributed by atoms with E-state index >= 15 is 0 Å². The third-order valence-electron chi connectivity index (χ3n) is 3.64. The van der Waals surface area contributed by atoms with E-state index < -0.39 is 0 Å². The summed E-state index contributed by atoms with van der Waals surface area (Å²) in [6.07, 6.45) is 2.22. The SMILES string of the molecule is C=CCN(Cc1ccc(CCN)cc1)C(=O)OCc1ccccc1. The van der Waals surface area contributed by atoms with E-state index in [4.69, 9.17) is 10.5 Å². The first kappa shape index (κ1) is 17.8. The van der Waals surface area contributed by atoms with E-state index in [1.165, 1.54) is 5.56 Å². The maximum Gasteiger partial charge on any atom is 0.410 e. The Morgan fingerprint density at radius 3 is 2.33 bits per heavy atom. The Labute approximate surface area is 143 Å². The predicted molar refractivity (Wildman–Crippen MR) is 96.4 cm³/mol. The number of nitrogens with zero attached hydrogens (tertiary/aromatic N) is 1. The van der Waals surface area contributed by atoms with E-state index in [-0.39, 0.29) is 12.7 Å². The first-order valence-corrected chi connectivity index (χ1v) is 8.07. The minimum Gasteiger partial charge on any atom is -0.445 e. The lowest BCUT2D eigenvalue weighted by Crippen LogP contribution is -2.31. The Morgan fingerprint density at radius 2 is 1.71 bits per heavy atom. The minimum atomic E-state index is -0.343. The molecule has 0 aliphatic carbocycles. The van der Waals surface area contributed by atoms with Crippen molar-refractivity contribution in [3.63, 3.8) is 0 Å². The van der Waals surface area contributed by atoms with Crippen LogP contribution in [0.1, 0.15) is 16.7 Å². The molecule has 0 bridgehead atoms. The highest BCUT2D eigenvalue weighted by Crippen LogP contribution is 2.10. The van der Waals surface area contributed by atoms with Crippen molar-refractivity contribution in [3.8, 4) is 0 Å². The zero-order valence-electron chi connectivity index (χ0n) is 13.9. The molecule has 2 aromatic rings. The fourth-order valence-corrected chi connectivity index (χ4v) is 2.37. The van der Waals surface area contributed by atoms with Crippen molar-refractivity contribution in [2.24, 2.45) is 5.73 Å². The maximum atomic E-state index is 12.3. The summed E-state index contributed by atoms with van der Waals surface area (Å²) in [5.41, 5.74) is 8.78. The van der Waals surface area contributed by atoms with Crippen molar-refractivity contribution < 1.29 is 9.53 Å². The number of ether oxygens (including phenoxy) is 1. The van der Waals surface area contributed by atoms with Gasteiger partial charge in [0.15, 0.2) is 0 Å². The Balaban J connectivity index is 1.94. The lowest BCUT2D eigenvalue weighted by Gasteiger charge is -2.21. The number of hydrogen-bond acceptors (Lipinski definition) is 3. The number of hydrogen-bond donors (Lipinski definition) is 1. The van der Waals surface area contributed by atoms with Crippen LogP contribution in [-0.4, -0.2) is 24.1 Å². The molecule has 0 heterocycles. The average molecular weight is 324 g/mol. The van der Waals surface area contributed by atoms with E-state index in [0.717, 1.165) is 17.5 Å². The maximum absolute atomic E-state index is 12.3. The molecule has 2 N–H and O–H groups in total. The highest BCUT2D eigenvalue weighted by Gasteiger charge is 2.14. The van der Waals surface area contributed by atoms with Crippen LogP contribution in [0, 0.1) is 0 Å². The topological polar surface area (TPSA) is 55.6 Å². The van der Waals surface area contributed by atoms with Crippen LogP contribution in [0.15, 0.2) is 67.3 Å². The lowest BCUT2D eigenvalue weighted by atomic mass is 10.1. The van der Waals surface area contributed by atoms with E-state index in [2.05, 4.69) is 6.58 Å². The summed E-state index contributed by atoms with van der Waals surface area (Å²) >= 11 is 0. The Kier molecular flexibility index (Phi) is 7.05. The van der Waals surface area contributed by atoms with Crippen LogP contribution in [0.5, 0.6) is 0 Å². The molecule has 0 aliphatic rings. The number of amides is 1. The van der Waals surface area contributed by atoms with Gasteiger partial charge in [-0.1, -0.05) is 60.7 Å². The summed E-state index contributed by atoms with van der Waals surface area (Å²) in [4.78, 5) is 14.0. The molecule has 4 heteroatoms. The molecule has 2 aromatic carbocycles. The molecule has 0 spiro atoms. The molecule has 1 amide bonds. The van der Waals surface area contributed by atoms with Gasteiger partial charge in [0, 0.05) is 13.1 Å². The molecular weight excluding hydrogens is 300 g/mol. The number of benzene rings is 2. The zero-order chi connectivity index (χ0) is 17.2. The molecule has 0 radical (unpaired) electrons. The Morgan fingerprint density at radius 1 is 1.04 bits per heavy atom. The van der Waals surface area contributed by atoms with Gasteiger partial charge in [-0.15, -0.1) is 6.58 Å². The number of carbonyl (C=O) groups is 1. The molecule has 2 rings (SSSR count). The highest BCUT2D eigenvalue weighted by atomic mass is 16.6.